The van der Waals surface area contributed by atoms with E-state index in [9.17, 15) is 26.2 Å². The first-order valence-electron chi connectivity index (χ1n) is 6.39. The molecule has 9 nitrogen and oxygen atoms in total. The van der Waals surface area contributed by atoms with Gasteiger partial charge in [0.05, 0.1) is 11.4 Å². The largest absolute Gasteiger partial charge is 0.398 e. The number of nitrogens with zero attached hydrogens (tertiary/aromatic N) is 1. The second-order valence-corrected chi connectivity index (χ2v) is 7.96. The fourth-order valence-corrected chi connectivity index (χ4v) is 3.45. The summed E-state index contributed by atoms with van der Waals surface area (Å²) in [5, 5.41) is 0. The Hall–Kier alpha value is -2.12. The smallest absolute Gasteiger partial charge is 0.366 e. The maximum Gasteiger partial charge on any atom is 0.366 e. The minimum atomic E-state index is -5.02. The van der Waals surface area contributed by atoms with Crippen LogP contribution in [0.15, 0.2) is 52.3 Å². The minimum absolute atomic E-state index is 0.0690. The number of hydrogen-bond acceptors (Lipinski definition) is 7. The maximum atomic E-state index is 12.5. The molecule has 0 bridgehead atoms. The Labute approximate surface area is 149 Å². The van der Waals surface area contributed by atoms with Gasteiger partial charge in [-0.2, -0.15) is 21.1 Å². The molecule has 134 valence electrons. The Morgan fingerprint density at radius 3 is 2.04 bits per heavy atom. The van der Waals surface area contributed by atoms with Crippen LogP contribution in [0.4, 0.5) is 11.4 Å². The van der Waals surface area contributed by atoms with E-state index in [1.165, 1.54) is 24.3 Å². The summed E-state index contributed by atoms with van der Waals surface area (Å²) in [6.07, 6.45) is 0. The van der Waals surface area contributed by atoms with E-state index in [4.69, 9.17) is 10.3 Å². The first-order chi connectivity index (χ1) is 11.4. The number of nitrogen functional groups attached to an aromatic ring is 1. The topological polar surface area (TPSA) is 155 Å². The molecule has 0 unspecified atom stereocenters. The standard InChI is InChI=1S/C13H12N2O7S3/c14-11-6-1-8(7-12(11)24(17,18)19)13(16)15(25(20,21)22)9-2-4-10(23)5-3-9/h1-7,23H,14H2,(H,17,18,19)(H,20,21,22). The van der Waals surface area contributed by atoms with Gasteiger partial charge in [0.1, 0.15) is 4.90 Å². The van der Waals surface area contributed by atoms with Crippen LogP contribution < -0.4 is 10.0 Å². The molecule has 25 heavy (non-hydrogen) atoms. The van der Waals surface area contributed by atoms with Crippen LogP contribution in [0.3, 0.4) is 0 Å². The van der Waals surface area contributed by atoms with Crippen molar-refractivity contribution in [2.75, 3.05) is 10.0 Å². The first-order valence-corrected chi connectivity index (χ1v) is 9.68. The van der Waals surface area contributed by atoms with Gasteiger partial charge in [-0.25, -0.2) is 0 Å². The molecule has 0 spiro atoms. The molecule has 0 atom stereocenters. The quantitative estimate of drug-likeness (QED) is 0.337. The molecular formula is C13H12N2O7S3. The van der Waals surface area contributed by atoms with E-state index in [2.05, 4.69) is 12.6 Å². The highest BCUT2D eigenvalue weighted by molar-refractivity contribution is 7.88. The van der Waals surface area contributed by atoms with Gasteiger partial charge in [0.2, 0.25) is 0 Å². The van der Waals surface area contributed by atoms with Crippen LogP contribution in [0.5, 0.6) is 0 Å². The van der Waals surface area contributed by atoms with Gasteiger partial charge in [0.25, 0.3) is 16.0 Å². The van der Waals surface area contributed by atoms with Crippen molar-refractivity contribution in [3.63, 3.8) is 0 Å². The van der Waals surface area contributed by atoms with Gasteiger partial charge in [0.15, 0.2) is 0 Å². The second kappa shape index (κ2) is 6.65. The molecule has 0 radical (unpaired) electrons. The lowest BCUT2D eigenvalue weighted by Crippen LogP contribution is -2.36. The number of amides is 1. The van der Waals surface area contributed by atoms with Gasteiger partial charge in [-0.3, -0.25) is 13.9 Å². The minimum Gasteiger partial charge on any atom is -0.398 e. The molecule has 0 aliphatic carbocycles. The summed E-state index contributed by atoms with van der Waals surface area (Å²) in [5.74, 6) is -1.25. The van der Waals surface area contributed by atoms with E-state index in [0.29, 0.717) is 11.0 Å². The number of hydrogen-bond donors (Lipinski definition) is 4. The zero-order valence-electron chi connectivity index (χ0n) is 12.3. The molecule has 0 aliphatic rings. The molecule has 0 aromatic heterocycles. The van der Waals surface area contributed by atoms with Gasteiger partial charge in [-0.15, -0.1) is 12.6 Å². The molecule has 0 fully saturated rings. The lowest BCUT2D eigenvalue weighted by Gasteiger charge is -2.19. The number of anilines is 2. The monoisotopic (exact) mass is 404 g/mol. The Balaban J connectivity index is 2.61. The Morgan fingerprint density at radius 2 is 1.56 bits per heavy atom. The summed E-state index contributed by atoms with van der Waals surface area (Å²) in [7, 11) is -9.76. The fraction of sp³-hybridized carbons (Fsp3) is 0. The van der Waals surface area contributed by atoms with Crippen molar-refractivity contribution in [2.45, 2.75) is 9.79 Å². The zero-order valence-corrected chi connectivity index (χ0v) is 14.8. The van der Waals surface area contributed by atoms with Crippen molar-refractivity contribution in [1.82, 2.24) is 0 Å². The number of carbonyl (C=O) groups excluding carboxylic acids is 1. The van der Waals surface area contributed by atoms with Crippen molar-refractivity contribution in [3.05, 3.63) is 48.0 Å². The van der Waals surface area contributed by atoms with Gasteiger partial charge in [-0.05, 0) is 42.5 Å². The Bertz CT molecular complexity index is 1030. The van der Waals surface area contributed by atoms with E-state index in [-0.39, 0.29) is 15.7 Å². The van der Waals surface area contributed by atoms with Crippen LogP contribution in [0.2, 0.25) is 0 Å². The van der Waals surface area contributed by atoms with Crippen molar-refractivity contribution >= 4 is 50.3 Å². The average Bonchev–Trinajstić information content (AvgIpc) is 2.47. The predicted molar refractivity (Wildman–Crippen MR) is 92.7 cm³/mol. The lowest BCUT2D eigenvalue weighted by molar-refractivity contribution is 0.100. The first kappa shape index (κ1) is 19.2. The molecular weight excluding hydrogens is 392 g/mol. The third-order valence-corrected chi connectivity index (χ3v) is 5.08. The Kier molecular flexibility index (Phi) is 5.11. The summed E-state index contributed by atoms with van der Waals surface area (Å²) in [6, 6.07) is 7.97. The number of nitrogens with two attached hydrogens (primary N) is 1. The van der Waals surface area contributed by atoms with Crippen molar-refractivity contribution in [1.29, 1.82) is 0 Å². The van der Waals surface area contributed by atoms with E-state index in [1.807, 2.05) is 0 Å². The van der Waals surface area contributed by atoms with Crippen LogP contribution in [-0.4, -0.2) is 31.8 Å². The van der Waals surface area contributed by atoms with Crippen molar-refractivity contribution in [2.24, 2.45) is 0 Å². The lowest BCUT2D eigenvalue weighted by atomic mass is 10.2. The molecule has 0 aliphatic heterocycles. The summed E-state index contributed by atoms with van der Waals surface area (Å²) in [5.41, 5.74) is 4.45. The summed E-state index contributed by atoms with van der Waals surface area (Å²) < 4.78 is 64.4. The molecule has 0 heterocycles. The van der Waals surface area contributed by atoms with Gasteiger partial charge in [-0.1, -0.05) is 0 Å². The summed E-state index contributed by atoms with van der Waals surface area (Å²) in [4.78, 5) is 12.2. The SMILES string of the molecule is Nc1ccc(C(=O)N(c2ccc(S)cc2)S(=O)(=O)O)cc1S(=O)(=O)O. The zero-order chi connectivity index (χ0) is 19.0. The number of thiol groups is 1. The van der Waals surface area contributed by atoms with E-state index in [0.717, 1.165) is 12.1 Å². The van der Waals surface area contributed by atoms with Gasteiger partial charge >= 0.3 is 10.3 Å². The molecule has 2 aromatic carbocycles. The molecule has 0 saturated carbocycles. The highest BCUT2D eigenvalue weighted by Gasteiger charge is 2.29. The van der Waals surface area contributed by atoms with Gasteiger partial charge in [0, 0.05) is 10.5 Å². The van der Waals surface area contributed by atoms with E-state index in [1.54, 1.807) is 0 Å². The van der Waals surface area contributed by atoms with Crippen LogP contribution in [0.1, 0.15) is 10.4 Å². The Morgan fingerprint density at radius 1 is 1.00 bits per heavy atom. The second-order valence-electron chi connectivity index (χ2n) is 4.79. The molecule has 1 amide bonds. The summed E-state index contributed by atoms with van der Waals surface area (Å²) >= 11 is 4.03. The fourth-order valence-electron chi connectivity index (χ4n) is 1.95. The third-order valence-electron chi connectivity index (χ3n) is 3.04. The maximum absolute atomic E-state index is 12.5. The van der Waals surface area contributed by atoms with Crippen molar-refractivity contribution < 1.29 is 30.7 Å². The molecule has 2 rings (SSSR count). The van der Waals surface area contributed by atoms with Crippen LogP contribution in [-0.2, 0) is 20.4 Å². The highest BCUT2D eigenvalue weighted by atomic mass is 32.2. The summed E-state index contributed by atoms with van der Waals surface area (Å²) in [6.45, 7) is 0. The number of benzene rings is 2. The molecule has 2 aromatic rings. The van der Waals surface area contributed by atoms with Crippen LogP contribution in [0.25, 0.3) is 0 Å². The molecule has 0 saturated heterocycles. The normalized spacial score (nSPS) is 12.0. The van der Waals surface area contributed by atoms with Crippen LogP contribution >= 0.6 is 12.6 Å². The predicted octanol–water partition coefficient (Wildman–Crippen LogP) is 1.25. The van der Waals surface area contributed by atoms with Crippen molar-refractivity contribution in [3.8, 4) is 0 Å². The number of rotatable bonds is 4. The third kappa shape index (κ3) is 4.29. The van der Waals surface area contributed by atoms with E-state index >= 15 is 0 Å². The van der Waals surface area contributed by atoms with Gasteiger partial charge < -0.3 is 5.73 Å². The number of carbonyl (C=O) groups is 1. The van der Waals surface area contributed by atoms with E-state index < -0.39 is 36.8 Å². The average molecular weight is 404 g/mol. The van der Waals surface area contributed by atoms with Crippen LogP contribution in [0, 0.1) is 0 Å². The molecule has 12 heteroatoms. The highest BCUT2D eigenvalue weighted by Crippen LogP contribution is 2.25. The molecule has 4 N–H and O–H groups in total.